The number of benzene rings is 2. The lowest BCUT2D eigenvalue weighted by atomic mass is 9.80. The summed E-state index contributed by atoms with van der Waals surface area (Å²) in [5, 5.41) is 13.3. The number of nitrogens with zero attached hydrogens (tertiary/aromatic N) is 4. The molecule has 1 amide bonds. The number of fused-ring (bicyclic) bond motifs is 2. The number of hydrogen-bond acceptors (Lipinski definition) is 6. The number of hydrogen-bond donors (Lipinski definition) is 1. The minimum atomic E-state index is -0.962. The molecule has 9 heteroatoms. The number of pyridine rings is 1. The number of carboxylic acids is 1. The van der Waals surface area contributed by atoms with E-state index in [2.05, 4.69) is 40.7 Å². The normalized spacial score (nSPS) is 16.0. The van der Waals surface area contributed by atoms with Crippen LogP contribution in [-0.4, -0.2) is 62.7 Å². The minimum Gasteiger partial charge on any atom is -0.478 e. The van der Waals surface area contributed by atoms with Gasteiger partial charge >= 0.3 is 5.97 Å². The Morgan fingerprint density at radius 2 is 1.77 bits per heavy atom. The van der Waals surface area contributed by atoms with E-state index in [-0.39, 0.29) is 18.0 Å². The van der Waals surface area contributed by atoms with Crippen LogP contribution in [0.5, 0.6) is 0 Å². The van der Waals surface area contributed by atoms with Crippen molar-refractivity contribution in [3.63, 3.8) is 0 Å². The van der Waals surface area contributed by atoms with Gasteiger partial charge in [-0.2, -0.15) is 0 Å². The molecule has 2 fully saturated rings. The molecule has 0 unspecified atom stereocenters. The molecule has 1 saturated heterocycles. The van der Waals surface area contributed by atoms with Crippen LogP contribution >= 0.6 is 11.3 Å². The molecule has 0 radical (unpaired) electrons. The van der Waals surface area contributed by atoms with E-state index >= 15 is 0 Å². The molecule has 1 N–H and O–H groups in total. The fourth-order valence-corrected chi connectivity index (χ4v) is 8.64. The van der Waals surface area contributed by atoms with Crippen LogP contribution in [0.2, 0.25) is 0 Å². The lowest BCUT2D eigenvalue weighted by molar-refractivity contribution is -0.135. The van der Waals surface area contributed by atoms with Crippen molar-refractivity contribution in [3.8, 4) is 21.8 Å². The van der Waals surface area contributed by atoms with Gasteiger partial charge in [0.25, 0.3) is 0 Å². The molecule has 4 heterocycles. The number of ether oxygens (including phenoxy) is 1. The third kappa shape index (κ3) is 5.84. The Labute approximate surface area is 279 Å². The number of amides is 1. The van der Waals surface area contributed by atoms with Gasteiger partial charge < -0.3 is 19.3 Å². The minimum absolute atomic E-state index is 0.0281. The summed E-state index contributed by atoms with van der Waals surface area (Å²) in [5.74, 6) is -0.606. The van der Waals surface area contributed by atoms with Crippen LogP contribution in [0, 0.1) is 20.8 Å². The van der Waals surface area contributed by atoms with Gasteiger partial charge in [-0.3, -0.25) is 4.79 Å². The first-order valence-corrected chi connectivity index (χ1v) is 17.7. The molecule has 0 spiro atoms. The van der Waals surface area contributed by atoms with Gasteiger partial charge in [-0.1, -0.05) is 32.3 Å². The number of aromatic carboxylic acids is 1. The largest absolute Gasteiger partial charge is 0.478 e. The molecule has 1 aliphatic carbocycles. The fraction of sp³-hybridized carbons (Fsp3) is 0.421. The summed E-state index contributed by atoms with van der Waals surface area (Å²) in [4.78, 5) is 39.0. The SMILES string of the molecule is CCc1cc2nc(-c3sc(C)nc3C)ccc2cc1-c1c(C2CCCCC2)c2c(C)cc(C(=O)O)cc2n1CC(=O)N1CCOCC1. The van der Waals surface area contributed by atoms with Crippen LogP contribution in [0.4, 0.5) is 0 Å². The van der Waals surface area contributed by atoms with Crippen molar-refractivity contribution in [2.45, 2.75) is 78.7 Å². The zero-order valence-corrected chi connectivity index (χ0v) is 28.5. The molecule has 5 aromatic rings. The third-order valence-corrected chi connectivity index (χ3v) is 11.1. The summed E-state index contributed by atoms with van der Waals surface area (Å²) >= 11 is 1.67. The number of morpholine rings is 1. The highest BCUT2D eigenvalue weighted by Gasteiger charge is 2.31. The zero-order valence-electron chi connectivity index (χ0n) is 27.7. The number of thiazole rings is 1. The number of aromatic nitrogens is 3. The molecule has 47 heavy (non-hydrogen) atoms. The molecule has 1 aliphatic heterocycles. The lowest BCUT2D eigenvalue weighted by Gasteiger charge is -2.28. The first kappa shape index (κ1) is 31.5. The summed E-state index contributed by atoms with van der Waals surface area (Å²) in [7, 11) is 0. The molecule has 1 saturated carbocycles. The molecule has 0 atom stereocenters. The second-order valence-corrected chi connectivity index (χ2v) is 14.3. The third-order valence-electron chi connectivity index (χ3n) is 10.0. The van der Waals surface area contributed by atoms with Crippen LogP contribution in [0.25, 0.3) is 43.6 Å². The Bertz CT molecular complexity index is 2010. The second kappa shape index (κ2) is 12.8. The number of carboxylic acid groups (broad SMARTS) is 1. The van der Waals surface area contributed by atoms with Crippen LogP contribution in [-0.2, 0) is 22.5 Å². The molecule has 0 bridgehead atoms. The highest BCUT2D eigenvalue weighted by atomic mass is 32.1. The van der Waals surface area contributed by atoms with Gasteiger partial charge in [0.05, 0.1) is 56.8 Å². The van der Waals surface area contributed by atoms with E-state index < -0.39 is 5.97 Å². The standard InChI is InChI=1S/C38H42N4O4S/c1-5-25-19-31-27(11-12-30(40-31)37-23(3)39-24(4)47-37)18-29(25)36-35(26-9-7-6-8-10-26)34-22(2)17-28(38(44)45)20-32(34)42(36)21-33(43)41-13-15-46-16-14-41/h11-12,17-20,26H,5-10,13-16,21H2,1-4H3,(H,44,45). The zero-order chi connectivity index (χ0) is 32.8. The Hall–Kier alpha value is -4.08. The average molecular weight is 651 g/mol. The van der Waals surface area contributed by atoms with Crippen LogP contribution < -0.4 is 0 Å². The van der Waals surface area contributed by atoms with E-state index in [4.69, 9.17) is 9.72 Å². The van der Waals surface area contributed by atoms with E-state index in [1.54, 1.807) is 23.5 Å². The Kier molecular flexibility index (Phi) is 8.61. The summed E-state index contributed by atoms with van der Waals surface area (Å²) < 4.78 is 7.69. The van der Waals surface area contributed by atoms with Crippen LogP contribution in [0.1, 0.15) is 82.7 Å². The van der Waals surface area contributed by atoms with Crippen LogP contribution in [0.3, 0.4) is 0 Å². The Balaban J connectivity index is 1.49. The summed E-state index contributed by atoms with van der Waals surface area (Å²) in [6, 6.07) is 12.3. The van der Waals surface area contributed by atoms with Crippen LogP contribution in [0.15, 0.2) is 36.4 Å². The lowest BCUT2D eigenvalue weighted by Crippen LogP contribution is -2.42. The number of carbonyl (C=O) groups is 2. The quantitative estimate of drug-likeness (QED) is 0.191. The van der Waals surface area contributed by atoms with Crippen molar-refractivity contribution in [2.24, 2.45) is 0 Å². The van der Waals surface area contributed by atoms with Gasteiger partial charge in [0, 0.05) is 29.4 Å². The van der Waals surface area contributed by atoms with Gasteiger partial charge in [-0.05, 0) is 93.0 Å². The molecule has 3 aromatic heterocycles. The number of carbonyl (C=O) groups excluding carboxylic acids is 1. The first-order valence-electron chi connectivity index (χ1n) is 16.9. The Morgan fingerprint density at radius 3 is 2.45 bits per heavy atom. The first-order chi connectivity index (χ1) is 22.7. The average Bonchev–Trinajstić information content (AvgIpc) is 3.60. The summed E-state index contributed by atoms with van der Waals surface area (Å²) in [6.45, 7) is 10.6. The molecule has 2 aliphatic rings. The summed E-state index contributed by atoms with van der Waals surface area (Å²) in [5.41, 5.74) is 9.45. The van der Waals surface area contributed by atoms with Crippen molar-refractivity contribution in [3.05, 3.63) is 69.4 Å². The topological polar surface area (TPSA) is 97.5 Å². The van der Waals surface area contributed by atoms with Crippen molar-refractivity contribution in [1.82, 2.24) is 19.4 Å². The predicted octanol–water partition coefficient (Wildman–Crippen LogP) is 8.07. The van der Waals surface area contributed by atoms with Crippen molar-refractivity contribution in [2.75, 3.05) is 26.3 Å². The smallest absolute Gasteiger partial charge is 0.335 e. The molecular formula is C38H42N4O4S. The van der Waals surface area contributed by atoms with Crippen molar-refractivity contribution in [1.29, 1.82) is 0 Å². The maximum absolute atomic E-state index is 14.0. The molecule has 8 nitrogen and oxygen atoms in total. The Morgan fingerprint density at radius 1 is 1.00 bits per heavy atom. The maximum atomic E-state index is 14.0. The highest BCUT2D eigenvalue weighted by molar-refractivity contribution is 7.15. The van der Waals surface area contributed by atoms with Gasteiger partial charge in [0.1, 0.15) is 6.54 Å². The van der Waals surface area contributed by atoms with Crippen molar-refractivity contribution >= 4 is 45.0 Å². The number of aryl methyl sites for hydroxylation is 4. The predicted molar refractivity (Wildman–Crippen MR) is 188 cm³/mol. The van der Waals surface area contributed by atoms with E-state index in [1.807, 2.05) is 25.7 Å². The van der Waals surface area contributed by atoms with E-state index in [0.717, 1.165) is 97.6 Å². The fourth-order valence-electron chi connectivity index (χ4n) is 7.75. The van der Waals surface area contributed by atoms with E-state index in [1.165, 1.54) is 12.0 Å². The van der Waals surface area contributed by atoms with Gasteiger partial charge in [0.2, 0.25) is 5.91 Å². The van der Waals surface area contributed by atoms with E-state index in [9.17, 15) is 14.7 Å². The molecule has 7 rings (SSSR count). The summed E-state index contributed by atoms with van der Waals surface area (Å²) in [6.07, 6.45) is 6.51. The molecular weight excluding hydrogens is 609 g/mol. The second-order valence-electron chi connectivity index (χ2n) is 13.1. The van der Waals surface area contributed by atoms with Gasteiger partial charge in [-0.15, -0.1) is 11.3 Å². The van der Waals surface area contributed by atoms with Crippen molar-refractivity contribution < 1.29 is 19.4 Å². The molecule has 244 valence electrons. The highest BCUT2D eigenvalue weighted by Crippen LogP contribution is 2.47. The number of rotatable bonds is 7. The van der Waals surface area contributed by atoms with Gasteiger partial charge in [-0.25, -0.2) is 14.8 Å². The maximum Gasteiger partial charge on any atom is 0.335 e. The monoisotopic (exact) mass is 650 g/mol. The molecule has 2 aromatic carbocycles. The van der Waals surface area contributed by atoms with E-state index in [0.29, 0.717) is 32.2 Å². The van der Waals surface area contributed by atoms with Gasteiger partial charge in [0.15, 0.2) is 0 Å².